The Kier molecular flexibility index (Phi) is 8.87. The van der Waals surface area contributed by atoms with E-state index in [1.165, 1.54) is 0 Å². The molecule has 0 aliphatic heterocycles. The largest absolute Gasteiger partial charge is 0.380 e. The van der Waals surface area contributed by atoms with E-state index < -0.39 is 0 Å². The van der Waals surface area contributed by atoms with Crippen LogP contribution in [0.15, 0.2) is 0 Å². The van der Waals surface area contributed by atoms with Gasteiger partial charge in [0.05, 0.1) is 19.1 Å². The molecule has 0 saturated carbocycles. The van der Waals surface area contributed by atoms with Gasteiger partial charge in [0, 0.05) is 11.9 Å². The van der Waals surface area contributed by atoms with E-state index in [0.29, 0.717) is 13.0 Å². The zero-order valence-electron chi connectivity index (χ0n) is 5.98. The molecule has 3 heteroatoms. The van der Waals surface area contributed by atoms with Gasteiger partial charge in [0.25, 0.3) is 0 Å². The molecule has 2 nitrogen and oxygen atoms in total. The molecule has 0 aliphatic carbocycles. The third-order valence-corrected chi connectivity index (χ3v) is 1.59. The molecule has 0 amide bonds. The molecular weight excluding hydrogens is 194 g/mol. The quantitative estimate of drug-likeness (QED) is 0.492. The molecule has 10 heavy (non-hydrogen) atoms. The summed E-state index contributed by atoms with van der Waals surface area (Å²) in [6.07, 6.45) is 2.73. The summed E-state index contributed by atoms with van der Waals surface area (Å²) in [5.41, 5.74) is 0. The summed E-state index contributed by atoms with van der Waals surface area (Å²) in [6.45, 7) is 1.37. The highest BCUT2D eigenvalue weighted by molar-refractivity contribution is 9.09. The summed E-state index contributed by atoms with van der Waals surface area (Å²) >= 11 is 3.32. The maximum Gasteiger partial charge on any atom is 0.0645 e. The van der Waals surface area contributed by atoms with Gasteiger partial charge < -0.3 is 4.74 Å². The van der Waals surface area contributed by atoms with Crippen molar-refractivity contribution in [3.05, 3.63) is 0 Å². The maximum atomic E-state index is 8.13. The van der Waals surface area contributed by atoms with Crippen molar-refractivity contribution >= 4 is 15.9 Å². The van der Waals surface area contributed by atoms with E-state index in [0.717, 1.165) is 24.8 Å². The van der Waals surface area contributed by atoms with Crippen LogP contribution in [0.3, 0.4) is 0 Å². The molecule has 0 unspecified atom stereocenters. The molecule has 0 rings (SSSR count). The lowest BCUT2D eigenvalue weighted by atomic mass is 10.4. The zero-order chi connectivity index (χ0) is 7.66. The summed E-state index contributed by atoms with van der Waals surface area (Å²) in [6, 6.07) is 2.02. The minimum absolute atomic E-state index is 0.508. The van der Waals surface area contributed by atoms with Crippen LogP contribution in [0.25, 0.3) is 0 Å². The van der Waals surface area contributed by atoms with Gasteiger partial charge in [0.2, 0.25) is 0 Å². The molecule has 0 aromatic heterocycles. The van der Waals surface area contributed by atoms with Gasteiger partial charge in [-0.25, -0.2) is 0 Å². The smallest absolute Gasteiger partial charge is 0.0645 e. The number of ether oxygens (including phenoxy) is 1. The fourth-order valence-corrected chi connectivity index (χ4v) is 0.915. The van der Waals surface area contributed by atoms with Crippen molar-refractivity contribution < 1.29 is 4.74 Å². The van der Waals surface area contributed by atoms with Crippen molar-refractivity contribution in [3.63, 3.8) is 0 Å². The standard InChI is InChI=1S/C7H12BrNO/c8-4-1-2-6-10-7-3-5-9/h1-4,6-7H2. The van der Waals surface area contributed by atoms with Crippen LogP contribution in [0.1, 0.15) is 19.3 Å². The van der Waals surface area contributed by atoms with Crippen LogP contribution in [0.2, 0.25) is 0 Å². The first kappa shape index (κ1) is 9.93. The third-order valence-electron chi connectivity index (χ3n) is 1.03. The Morgan fingerprint density at radius 1 is 1.30 bits per heavy atom. The highest BCUT2D eigenvalue weighted by atomic mass is 79.9. The van der Waals surface area contributed by atoms with Crippen molar-refractivity contribution in [2.24, 2.45) is 0 Å². The second-order valence-electron chi connectivity index (χ2n) is 1.92. The molecule has 0 radical (unpaired) electrons. The molecule has 0 saturated heterocycles. The predicted octanol–water partition coefficient (Wildman–Crippen LogP) is 2.09. The van der Waals surface area contributed by atoms with Crippen LogP contribution in [0.5, 0.6) is 0 Å². The first-order chi connectivity index (χ1) is 4.91. The summed E-state index contributed by atoms with van der Waals surface area (Å²) < 4.78 is 5.13. The van der Waals surface area contributed by atoms with E-state index in [4.69, 9.17) is 10.00 Å². The maximum absolute atomic E-state index is 8.13. The Bertz CT molecular complexity index is 100. The molecular formula is C7H12BrNO. The van der Waals surface area contributed by atoms with Gasteiger partial charge in [-0.15, -0.1) is 0 Å². The van der Waals surface area contributed by atoms with Crippen LogP contribution in [0.4, 0.5) is 0 Å². The summed E-state index contributed by atoms with van der Waals surface area (Å²) in [5.74, 6) is 0. The number of alkyl halides is 1. The SMILES string of the molecule is N#CCCOCCCCBr. The molecule has 0 fully saturated rings. The van der Waals surface area contributed by atoms with Gasteiger partial charge in [0.15, 0.2) is 0 Å². The minimum Gasteiger partial charge on any atom is -0.380 e. The van der Waals surface area contributed by atoms with Crippen molar-refractivity contribution in [1.82, 2.24) is 0 Å². The molecule has 0 atom stereocenters. The summed E-state index contributed by atoms with van der Waals surface area (Å²) in [4.78, 5) is 0. The predicted molar refractivity (Wildman–Crippen MR) is 44.1 cm³/mol. The zero-order valence-corrected chi connectivity index (χ0v) is 7.56. The normalized spacial score (nSPS) is 9.20. The molecule has 0 heterocycles. The fraction of sp³-hybridized carbons (Fsp3) is 0.857. The monoisotopic (exact) mass is 205 g/mol. The van der Waals surface area contributed by atoms with Crippen molar-refractivity contribution in [3.8, 4) is 6.07 Å². The number of hydrogen-bond donors (Lipinski definition) is 0. The first-order valence-electron chi connectivity index (χ1n) is 3.42. The van der Waals surface area contributed by atoms with E-state index in [1.54, 1.807) is 0 Å². The van der Waals surface area contributed by atoms with Gasteiger partial charge in [0.1, 0.15) is 0 Å². The average Bonchev–Trinajstić information content (AvgIpc) is 1.97. The molecule has 0 aromatic rings. The molecule has 0 bridgehead atoms. The summed E-state index contributed by atoms with van der Waals surface area (Å²) in [7, 11) is 0. The van der Waals surface area contributed by atoms with Crippen molar-refractivity contribution in [2.45, 2.75) is 19.3 Å². The Morgan fingerprint density at radius 3 is 2.70 bits per heavy atom. The lowest BCUT2D eigenvalue weighted by Crippen LogP contribution is -1.95. The Hall–Kier alpha value is -0.0700. The van der Waals surface area contributed by atoms with E-state index in [9.17, 15) is 0 Å². The van der Waals surface area contributed by atoms with Gasteiger partial charge in [-0.3, -0.25) is 0 Å². The highest BCUT2D eigenvalue weighted by Crippen LogP contribution is 1.94. The van der Waals surface area contributed by atoms with Gasteiger partial charge >= 0.3 is 0 Å². The first-order valence-corrected chi connectivity index (χ1v) is 4.54. The van der Waals surface area contributed by atoms with Gasteiger partial charge in [-0.2, -0.15) is 5.26 Å². The number of nitriles is 1. The molecule has 0 aliphatic rings. The van der Waals surface area contributed by atoms with Crippen LogP contribution in [-0.2, 0) is 4.74 Å². The third kappa shape index (κ3) is 7.93. The molecule has 0 spiro atoms. The van der Waals surface area contributed by atoms with E-state index >= 15 is 0 Å². The number of rotatable bonds is 6. The Labute approximate surface area is 70.3 Å². The van der Waals surface area contributed by atoms with Gasteiger partial charge in [-0.1, -0.05) is 15.9 Å². The van der Waals surface area contributed by atoms with E-state index in [-0.39, 0.29) is 0 Å². The van der Waals surface area contributed by atoms with Crippen molar-refractivity contribution in [2.75, 3.05) is 18.5 Å². The van der Waals surface area contributed by atoms with Crippen LogP contribution in [-0.4, -0.2) is 18.5 Å². The summed E-state index contributed by atoms with van der Waals surface area (Å²) in [5, 5.41) is 9.17. The van der Waals surface area contributed by atoms with E-state index in [1.807, 2.05) is 6.07 Å². The lowest BCUT2D eigenvalue weighted by Gasteiger charge is -1.98. The number of halogens is 1. The van der Waals surface area contributed by atoms with E-state index in [2.05, 4.69) is 15.9 Å². The van der Waals surface area contributed by atoms with Crippen LogP contribution in [0, 0.1) is 11.3 Å². The lowest BCUT2D eigenvalue weighted by molar-refractivity contribution is 0.137. The van der Waals surface area contributed by atoms with Crippen LogP contribution >= 0.6 is 15.9 Å². The molecule has 0 N–H and O–H groups in total. The molecule has 0 aromatic carbocycles. The Morgan fingerprint density at radius 2 is 2.10 bits per heavy atom. The Balaban J connectivity index is 2.72. The number of hydrogen-bond acceptors (Lipinski definition) is 2. The fourth-order valence-electron chi connectivity index (χ4n) is 0.518. The number of nitrogens with zero attached hydrogens (tertiary/aromatic N) is 1. The van der Waals surface area contributed by atoms with Crippen LogP contribution < -0.4 is 0 Å². The second-order valence-corrected chi connectivity index (χ2v) is 2.71. The number of unbranched alkanes of at least 4 members (excludes halogenated alkanes) is 1. The highest BCUT2D eigenvalue weighted by Gasteiger charge is 1.87. The van der Waals surface area contributed by atoms with Crippen molar-refractivity contribution in [1.29, 1.82) is 5.26 Å². The topological polar surface area (TPSA) is 33.0 Å². The molecule has 58 valence electrons. The average molecular weight is 206 g/mol. The minimum atomic E-state index is 0.508. The second kappa shape index (κ2) is 8.93. The van der Waals surface area contributed by atoms with Gasteiger partial charge in [-0.05, 0) is 12.8 Å².